The smallest absolute Gasteiger partial charge is 0.146 e. The van der Waals surface area contributed by atoms with Crippen LogP contribution in [0.1, 0.15) is 31.7 Å². The molecule has 2 aliphatic heterocycles. The first-order valence-corrected chi connectivity index (χ1v) is 7.42. The third-order valence-corrected chi connectivity index (χ3v) is 4.66. The van der Waals surface area contributed by atoms with Crippen LogP contribution >= 0.6 is 0 Å². The molecule has 0 aliphatic carbocycles. The minimum Gasteiger partial charge on any atom is -0.363 e. The third-order valence-electron chi connectivity index (χ3n) is 4.66. The van der Waals surface area contributed by atoms with Crippen molar-refractivity contribution in [1.82, 2.24) is 4.90 Å². The highest BCUT2D eigenvalue weighted by atomic mass is 19.1. The van der Waals surface area contributed by atoms with E-state index in [2.05, 4.69) is 16.7 Å². The molecule has 2 aliphatic rings. The number of nitrogens with zero attached hydrogens (tertiary/aromatic N) is 2. The molecule has 0 N–H and O–H groups in total. The van der Waals surface area contributed by atoms with Gasteiger partial charge in [-0.05, 0) is 44.9 Å². The maximum atomic E-state index is 14.2. The Kier molecular flexibility index (Phi) is 3.48. The first-order chi connectivity index (χ1) is 9.16. The van der Waals surface area contributed by atoms with Gasteiger partial charge < -0.3 is 4.90 Å². The maximum Gasteiger partial charge on any atom is 0.146 e. The fourth-order valence-electron chi connectivity index (χ4n) is 3.65. The number of fused-ring (bicyclic) bond motifs is 1. The van der Waals surface area contributed by atoms with Crippen LogP contribution in [0.5, 0.6) is 0 Å². The molecule has 2 fully saturated rings. The molecule has 3 rings (SSSR count). The number of para-hydroxylation sites is 1. The lowest BCUT2D eigenvalue weighted by Crippen LogP contribution is -2.59. The van der Waals surface area contributed by atoms with Crippen molar-refractivity contribution in [3.8, 4) is 0 Å². The van der Waals surface area contributed by atoms with Crippen molar-refractivity contribution in [2.75, 3.05) is 24.5 Å². The summed E-state index contributed by atoms with van der Waals surface area (Å²) in [6, 6.07) is 6.41. The van der Waals surface area contributed by atoms with Crippen molar-refractivity contribution < 1.29 is 4.39 Å². The maximum absolute atomic E-state index is 14.2. The van der Waals surface area contributed by atoms with Gasteiger partial charge in [0.25, 0.3) is 0 Å². The molecule has 0 aromatic heterocycles. The lowest BCUT2D eigenvalue weighted by molar-refractivity contribution is 0.115. The fourth-order valence-corrected chi connectivity index (χ4v) is 3.65. The Hall–Kier alpha value is -1.09. The van der Waals surface area contributed by atoms with Gasteiger partial charge in [-0.3, -0.25) is 4.90 Å². The lowest BCUT2D eigenvalue weighted by Gasteiger charge is -2.48. The Morgan fingerprint density at radius 2 is 2.05 bits per heavy atom. The van der Waals surface area contributed by atoms with Gasteiger partial charge in [0, 0.05) is 25.2 Å². The molecule has 0 radical (unpaired) electrons. The third kappa shape index (κ3) is 2.36. The monoisotopic (exact) mass is 262 g/mol. The zero-order valence-corrected chi connectivity index (χ0v) is 11.9. The molecule has 3 heteroatoms. The predicted molar refractivity (Wildman–Crippen MR) is 77.2 cm³/mol. The molecule has 2 atom stereocenters. The second-order valence-corrected chi connectivity index (χ2v) is 6.05. The minimum atomic E-state index is -0.0730. The largest absolute Gasteiger partial charge is 0.363 e. The summed E-state index contributed by atoms with van der Waals surface area (Å²) in [5, 5.41) is 0. The van der Waals surface area contributed by atoms with Crippen molar-refractivity contribution in [1.29, 1.82) is 0 Å². The van der Waals surface area contributed by atoms with Gasteiger partial charge in [0.1, 0.15) is 5.82 Å². The molecule has 2 heterocycles. The Balaban J connectivity index is 1.88. The van der Waals surface area contributed by atoms with Gasteiger partial charge in [0.05, 0.1) is 5.69 Å². The number of anilines is 1. The minimum absolute atomic E-state index is 0.0730. The van der Waals surface area contributed by atoms with Gasteiger partial charge in [0.15, 0.2) is 0 Å². The van der Waals surface area contributed by atoms with E-state index >= 15 is 0 Å². The Morgan fingerprint density at radius 3 is 2.84 bits per heavy atom. The number of hydrogen-bond acceptors (Lipinski definition) is 2. The molecule has 104 valence electrons. The van der Waals surface area contributed by atoms with Crippen LogP contribution in [0.25, 0.3) is 0 Å². The number of hydrogen-bond donors (Lipinski definition) is 0. The van der Waals surface area contributed by atoms with Crippen LogP contribution in [0.4, 0.5) is 10.1 Å². The average Bonchev–Trinajstić information content (AvgIpc) is 2.39. The van der Waals surface area contributed by atoms with Crippen molar-refractivity contribution in [3.05, 3.63) is 29.6 Å². The van der Waals surface area contributed by atoms with Gasteiger partial charge in [-0.2, -0.15) is 0 Å². The second-order valence-electron chi connectivity index (χ2n) is 6.05. The number of aryl methyl sites for hydroxylation is 1. The topological polar surface area (TPSA) is 6.48 Å². The highest BCUT2D eigenvalue weighted by molar-refractivity contribution is 5.55. The fraction of sp³-hybridized carbons (Fsp3) is 0.625. The molecular weight excluding hydrogens is 239 g/mol. The molecular formula is C16H23FN2. The van der Waals surface area contributed by atoms with Crippen LogP contribution in [-0.2, 0) is 0 Å². The van der Waals surface area contributed by atoms with E-state index in [4.69, 9.17) is 0 Å². The molecule has 0 spiro atoms. The molecule has 1 aromatic rings. The van der Waals surface area contributed by atoms with E-state index in [0.717, 1.165) is 24.3 Å². The van der Waals surface area contributed by atoms with E-state index in [0.29, 0.717) is 12.1 Å². The van der Waals surface area contributed by atoms with Crippen LogP contribution in [0.3, 0.4) is 0 Å². The number of rotatable bonds is 1. The van der Waals surface area contributed by atoms with Crippen LogP contribution in [0.15, 0.2) is 18.2 Å². The van der Waals surface area contributed by atoms with Gasteiger partial charge >= 0.3 is 0 Å². The van der Waals surface area contributed by atoms with Crippen molar-refractivity contribution >= 4 is 5.69 Å². The van der Waals surface area contributed by atoms with E-state index in [-0.39, 0.29) is 5.82 Å². The molecule has 2 nitrogen and oxygen atoms in total. The van der Waals surface area contributed by atoms with Crippen LogP contribution in [0, 0.1) is 12.7 Å². The summed E-state index contributed by atoms with van der Waals surface area (Å²) in [4.78, 5) is 4.89. The highest BCUT2D eigenvalue weighted by Gasteiger charge is 2.34. The molecule has 2 saturated heterocycles. The Labute approximate surface area is 115 Å². The summed E-state index contributed by atoms with van der Waals surface area (Å²) >= 11 is 0. The standard InChI is InChI=1S/C16H23FN2/c1-12-6-5-8-15(17)16(12)19-11-14-7-3-4-9-18(14)10-13(19)2/h5-6,8,13-14H,3-4,7,9-11H2,1-2H3. The van der Waals surface area contributed by atoms with E-state index in [9.17, 15) is 4.39 Å². The summed E-state index contributed by atoms with van der Waals surface area (Å²) in [5.74, 6) is -0.0730. The Bertz CT molecular complexity index is 440. The zero-order valence-electron chi connectivity index (χ0n) is 11.9. The molecule has 0 saturated carbocycles. The van der Waals surface area contributed by atoms with E-state index in [1.807, 2.05) is 13.0 Å². The van der Waals surface area contributed by atoms with Crippen molar-refractivity contribution in [3.63, 3.8) is 0 Å². The van der Waals surface area contributed by atoms with E-state index in [1.165, 1.54) is 25.8 Å². The lowest BCUT2D eigenvalue weighted by atomic mass is 9.96. The first kappa shape index (κ1) is 12.9. The van der Waals surface area contributed by atoms with Crippen LogP contribution in [-0.4, -0.2) is 36.6 Å². The van der Waals surface area contributed by atoms with Crippen molar-refractivity contribution in [2.24, 2.45) is 0 Å². The summed E-state index contributed by atoms with van der Waals surface area (Å²) in [6.07, 6.45) is 3.90. The first-order valence-electron chi connectivity index (χ1n) is 7.42. The summed E-state index contributed by atoms with van der Waals surface area (Å²) in [5.41, 5.74) is 1.87. The van der Waals surface area contributed by atoms with E-state index in [1.54, 1.807) is 12.1 Å². The average molecular weight is 262 g/mol. The van der Waals surface area contributed by atoms with Crippen LogP contribution < -0.4 is 4.90 Å². The zero-order chi connectivity index (χ0) is 13.4. The molecule has 0 amide bonds. The SMILES string of the molecule is Cc1cccc(F)c1N1CC2CCCCN2CC1C. The van der Waals surface area contributed by atoms with Gasteiger partial charge in [-0.25, -0.2) is 4.39 Å². The van der Waals surface area contributed by atoms with Crippen molar-refractivity contribution in [2.45, 2.75) is 45.2 Å². The van der Waals surface area contributed by atoms with Gasteiger partial charge in [-0.15, -0.1) is 0 Å². The van der Waals surface area contributed by atoms with Gasteiger partial charge in [0.2, 0.25) is 0 Å². The van der Waals surface area contributed by atoms with Crippen LogP contribution in [0.2, 0.25) is 0 Å². The summed E-state index contributed by atoms with van der Waals surface area (Å²) in [6.45, 7) is 7.50. The second kappa shape index (κ2) is 5.12. The molecule has 0 bridgehead atoms. The summed E-state index contributed by atoms with van der Waals surface area (Å²) < 4.78 is 14.2. The Morgan fingerprint density at radius 1 is 1.21 bits per heavy atom. The molecule has 19 heavy (non-hydrogen) atoms. The molecule has 1 aromatic carbocycles. The molecule has 2 unspecified atom stereocenters. The number of halogens is 1. The number of piperazine rings is 1. The normalized spacial score (nSPS) is 28.3. The number of benzene rings is 1. The van der Waals surface area contributed by atoms with E-state index < -0.39 is 0 Å². The number of piperidine rings is 1. The summed E-state index contributed by atoms with van der Waals surface area (Å²) in [7, 11) is 0. The van der Waals surface area contributed by atoms with Gasteiger partial charge in [-0.1, -0.05) is 18.6 Å². The predicted octanol–water partition coefficient (Wildman–Crippen LogP) is 3.20. The highest BCUT2D eigenvalue weighted by Crippen LogP contribution is 2.31. The quantitative estimate of drug-likeness (QED) is 0.767.